The first-order valence-electron chi connectivity index (χ1n) is 9.33. The highest BCUT2D eigenvalue weighted by molar-refractivity contribution is 7.86. The van der Waals surface area contributed by atoms with Gasteiger partial charge in [0.05, 0.1) is 19.1 Å². The van der Waals surface area contributed by atoms with Crippen molar-refractivity contribution in [2.45, 2.75) is 13.0 Å². The molecule has 2 aliphatic rings. The first-order chi connectivity index (χ1) is 12.9. The molecule has 0 aliphatic carbocycles. The molecule has 0 bridgehead atoms. The highest BCUT2D eigenvalue weighted by atomic mass is 32.2. The fourth-order valence-electron chi connectivity index (χ4n) is 3.49. The average Bonchev–Trinajstić information content (AvgIpc) is 2.73. The monoisotopic (exact) mass is 396 g/mol. The minimum Gasteiger partial charge on any atom is -0.379 e. The van der Waals surface area contributed by atoms with Crippen molar-refractivity contribution in [1.82, 2.24) is 13.5 Å². The number of carbonyl (C=O) groups is 1. The van der Waals surface area contributed by atoms with Gasteiger partial charge in [-0.2, -0.15) is 17.0 Å². The van der Waals surface area contributed by atoms with Crippen molar-refractivity contribution in [2.75, 3.05) is 52.5 Å². The van der Waals surface area contributed by atoms with Gasteiger partial charge in [0.15, 0.2) is 0 Å². The molecule has 2 atom stereocenters. The van der Waals surface area contributed by atoms with Crippen LogP contribution in [0.5, 0.6) is 0 Å². The van der Waals surface area contributed by atoms with Crippen LogP contribution >= 0.6 is 0 Å². The summed E-state index contributed by atoms with van der Waals surface area (Å²) in [6.07, 6.45) is 0. The summed E-state index contributed by atoms with van der Waals surface area (Å²) in [5.41, 5.74) is 7.19. The van der Waals surface area contributed by atoms with Crippen molar-refractivity contribution < 1.29 is 17.9 Å². The maximum absolute atomic E-state index is 12.8. The van der Waals surface area contributed by atoms with Crippen LogP contribution in [0.1, 0.15) is 18.5 Å². The molecule has 2 unspecified atom stereocenters. The summed E-state index contributed by atoms with van der Waals surface area (Å²) in [7, 11) is -3.49. The van der Waals surface area contributed by atoms with Crippen LogP contribution in [0.15, 0.2) is 30.3 Å². The molecule has 0 radical (unpaired) electrons. The molecule has 0 spiro atoms. The maximum Gasteiger partial charge on any atom is 0.282 e. The molecule has 2 N–H and O–H groups in total. The molecule has 1 amide bonds. The van der Waals surface area contributed by atoms with Gasteiger partial charge in [-0.3, -0.25) is 4.79 Å². The molecular weight excluding hydrogens is 368 g/mol. The molecule has 2 fully saturated rings. The summed E-state index contributed by atoms with van der Waals surface area (Å²) in [5.74, 6) is -0.399. The van der Waals surface area contributed by atoms with E-state index >= 15 is 0 Å². The van der Waals surface area contributed by atoms with Crippen LogP contribution < -0.4 is 5.73 Å². The highest BCUT2D eigenvalue weighted by Gasteiger charge is 2.35. The summed E-state index contributed by atoms with van der Waals surface area (Å²) in [4.78, 5) is 14.5. The third kappa shape index (κ3) is 4.49. The van der Waals surface area contributed by atoms with Crippen molar-refractivity contribution in [3.63, 3.8) is 0 Å². The van der Waals surface area contributed by atoms with Crippen molar-refractivity contribution in [1.29, 1.82) is 0 Å². The van der Waals surface area contributed by atoms with E-state index in [1.54, 1.807) is 4.90 Å². The first-order valence-corrected chi connectivity index (χ1v) is 10.7. The van der Waals surface area contributed by atoms with Crippen LogP contribution in [0.4, 0.5) is 0 Å². The zero-order valence-corrected chi connectivity index (χ0v) is 16.5. The van der Waals surface area contributed by atoms with E-state index in [-0.39, 0.29) is 17.9 Å². The summed E-state index contributed by atoms with van der Waals surface area (Å²) >= 11 is 0. The van der Waals surface area contributed by atoms with Crippen LogP contribution in [-0.4, -0.2) is 80.3 Å². The number of hydrogen-bond donors (Lipinski definition) is 1. The van der Waals surface area contributed by atoms with E-state index in [0.717, 1.165) is 5.56 Å². The molecule has 1 aromatic carbocycles. The number of rotatable bonds is 5. The molecule has 8 nitrogen and oxygen atoms in total. The van der Waals surface area contributed by atoms with Gasteiger partial charge in [0.25, 0.3) is 10.2 Å². The van der Waals surface area contributed by atoms with Crippen molar-refractivity contribution in [3.05, 3.63) is 35.9 Å². The second kappa shape index (κ2) is 8.66. The number of ether oxygens (including phenoxy) is 1. The van der Waals surface area contributed by atoms with Crippen LogP contribution in [0.3, 0.4) is 0 Å². The van der Waals surface area contributed by atoms with Gasteiger partial charge in [-0.25, -0.2) is 0 Å². The normalized spacial score (nSPS) is 22.4. The smallest absolute Gasteiger partial charge is 0.282 e. The Labute approximate surface area is 161 Å². The van der Waals surface area contributed by atoms with E-state index in [1.807, 2.05) is 37.3 Å². The Morgan fingerprint density at radius 1 is 1.00 bits per heavy atom. The molecule has 1 aromatic rings. The Balaban J connectivity index is 1.57. The number of piperazine rings is 1. The lowest BCUT2D eigenvalue weighted by Gasteiger charge is -2.38. The molecule has 0 saturated carbocycles. The average molecular weight is 397 g/mol. The lowest BCUT2D eigenvalue weighted by atomic mass is 9.94. The molecule has 9 heteroatoms. The molecule has 2 aliphatic heterocycles. The summed E-state index contributed by atoms with van der Waals surface area (Å²) in [5, 5.41) is 0. The summed E-state index contributed by atoms with van der Waals surface area (Å²) < 4.78 is 33.6. The number of carbonyl (C=O) groups excluding carboxylic acids is 1. The van der Waals surface area contributed by atoms with Crippen LogP contribution in [0.25, 0.3) is 0 Å². The lowest BCUT2D eigenvalue weighted by Crippen LogP contribution is -2.56. The maximum atomic E-state index is 12.8. The van der Waals surface area contributed by atoms with Gasteiger partial charge in [0.2, 0.25) is 5.91 Å². The summed E-state index contributed by atoms with van der Waals surface area (Å²) in [6.45, 7) is 4.81. The molecule has 27 heavy (non-hydrogen) atoms. The standard InChI is InChI=1S/C18H28N4O4S/c1-15(17(19)16-5-3-2-4-6-16)18(23)20-7-9-21(10-8-20)27(24,25)22-11-13-26-14-12-22/h2-6,15,17H,7-14,19H2,1H3. The van der Waals surface area contributed by atoms with Gasteiger partial charge in [-0.1, -0.05) is 37.3 Å². The molecule has 3 rings (SSSR count). The zero-order valence-electron chi connectivity index (χ0n) is 15.7. The van der Waals surface area contributed by atoms with Gasteiger partial charge in [0.1, 0.15) is 0 Å². The van der Waals surface area contributed by atoms with E-state index in [1.165, 1.54) is 8.61 Å². The molecule has 2 heterocycles. The van der Waals surface area contributed by atoms with Crippen LogP contribution in [0, 0.1) is 5.92 Å². The fraction of sp³-hybridized carbons (Fsp3) is 0.611. The van der Waals surface area contributed by atoms with Gasteiger partial charge in [-0.15, -0.1) is 0 Å². The van der Waals surface area contributed by atoms with Crippen molar-refractivity contribution in [2.24, 2.45) is 11.7 Å². The van der Waals surface area contributed by atoms with Gasteiger partial charge < -0.3 is 15.4 Å². The minimum atomic E-state index is -3.49. The number of hydrogen-bond acceptors (Lipinski definition) is 5. The second-order valence-electron chi connectivity index (χ2n) is 6.97. The summed E-state index contributed by atoms with van der Waals surface area (Å²) in [6, 6.07) is 9.18. The fourth-order valence-corrected chi connectivity index (χ4v) is 5.05. The third-order valence-electron chi connectivity index (χ3n) is 5.29. The number of benzene rings is 1. The van der Waals surface area contributed by atoms with E-state index in [0.29, 0.717) is 52.5 Å². The van der Waals surface area contributed by atoms with Crippen molar-refractivity contribution >= 4 is 16.1 Å². The van der Waals surface area contributed by atoms with Gasteiger partial charge in [0, 0.05) is 45.3 Å². The van der Waals surface area contributed by atoms with E-state index in [9.17, 15) is 13.2 Å². The number of nitrogens with zero attached hydrogens (tertiary/aromatic N) is 3. The largest absolute Gasteiger partial charge is 0.379 e. The van der Waals surface area contributed by atoms with Gasteiger partial charge in [-0.05, 0) is 5.56 Å². The minimum absolute atomic E-state index is 0.0326. The lowest BCUT2D eigenvalue weighted by molar-refractivity contribution is -0.136. The highest BCUT2D eigenvalue weighted by Crippen LogP contribution is 2.22. The van der Waals surface area contributed by atoms with E-state index < -0.39 is 10.2 Å². The number of nitrogens with two attached hydrogens (primary N) is 1. The predicted molar refractivity (Wildman–Crippen MR) is 102 cm³/mol. The molecule has 2 saturated heterocycles. The topological polar surface area (TPSA) is 96.2 Å². The SMILES string of the molecule is CC(C(=O)N1CCN(S(=O)(=O)N2CCOCC2)CC1)C(N)c1ccccc1. The Bertz CT molecular complexity index is 729. The van der Waals surface area contributed by atoms with Crippen LogP contribution in [-0.2, 0) is 19.7 Å². The molecular formula is C18H28N4O4S. The predicted octanol–water partition coefficient (Wildman–Crippen LogP) is 0.0437. The van der Waals surface area contributed by atoms with Crippen molar-refractivity contribution in [3.8, 4) is 0 Å². The second-order valence-corrected chi connectivity index (χ2v) is 8.90. The van der Waals surface area contributed by atoms with E-state index in [2.05, 4.69) is 0 Å². The third-order valence-corrected chi connectivity index (χ3v) is 7.32. The molecule has 150 valence electrons. The zero-order chi connectivity index (χ0) is 19.4. The Hall–Kier alpha value is -1.52. The Morgan fingerprint density at radius 3 is 2.15 bits per heavy atom. The van der Waals surface area contributed by atoms with Gasteiger partial charge >= 0.3 is 0 Å². The number of amides is 1. The van der Waals surface area contributed by atoms with E-state index in [4.69, 9.17) is 10.5 Å². The Morgan fingerprint density at radius 2 is 1.56 bits per heavy atom. The number of morpholine rings is 1. The molecule has 0 aromatic heterocycles. The quantitative estimate of drug-likeness (QED) is 0.758. The first kappa shape index (κ1) is 20.2. The Kier molecular flexibility index (Phi) is 6.48. The van der Waals surface area contributed by atoms with Crippen LogP contribution in [0.2, 0.25) is 0 Å².